The van der Waals surface area contributed by atoms with Crippen LogP contribution < -0.4 is 5.32 Å². The number of carboxylic acids is 1. The molecule has 112 valence electrons. The van der Waals surface area contributed by atoms with Gasteiger partial charge in [0, 0.05) is 35.9 Å². The van der Waals surface area contributed by atoms with Crippen LogP contribution in [0.5, 0.6) is 0 Å². The lowest BCUT2D eigenvalue weighted by atomic mass is 10.1. The van der Waals surface area contributed by atoms with Crippen LogP contribution in [-0.4, -0.2) is 49.2 Å². The molecule has 1 fully saturated rings. The summed E-state index contributed by atoms with van der Waals surface area (Å²) in [4.78, 5) is 11.8. The van der Waals surface area contributed by atoms with Gasteiger partial charge in [0.2, 0.25) is 10.0 Å². The van der Waals surface area contributed by atoms with Crippen LogP contribution in [0.15, 0.2) is 11.4 Å². The Bertz CT molecular complexity index is 574. The van der Waals surface area contributed by atoms with Gasteiger partial charge in [-0.15, -0.1) is 11.3 Å². The van der Waals surface area contributed by atoms with Gasteiger partial charge in [-0.3, -0.25) is 0 Å². The van der Waals surface area contributed by atoms with Gasteiger partial charge in [0.05, 0.1) is 11.8 Å². The van der Waals surface area contributed by atoms with E-state index in [2.05, 4.69) is 5.32 Å². The van der Waals surface area contributed by atoms with Gasteiger partial charge < -0.3 is 10.4 Å². The first-order valence-corrected chi connectivity index (χ1v) is 9.08. The number of hydrogen-bond donors (Lipinski definition) is 2. The number of nitrogens with one attached hydrogen (secondary N) is 1. The molecule has 1 aromatic rings. The molecule has 0 bridgehead atoms. The second kappa shape index (κ2) is 6.21. The molecule has 8 heteroatoms. The zero-order valence-corrected chi connectivity index (χ0v) is 12.8. The Kier molecular flexibility index (Phi) is 4.79. The fourth-order valence-electron chi connectivity index (χ4n) is 2.22. The predicted molar refractivity (Wildman–Crippen MR) is 77.6 cm³/mol. The molecule has 20 heavy (non-hydrogen) atoms. The molecule has 0 aliphatic carbocycles. The van der Waals surface area contributed by atoms with Crippen molar-refractivity contribution in [2.45, 2.75) is 25.4 Å². The molecule has 1 aromatic heterocycles. The van der Waals surface area contributed by atoms with E-state index >= 15 is 0 Å². The molecule has 1 aliphatic heterocycles. The third-order valence-electron chi connectivity index (χ3n) is 3.39. The van der Waals surface area contributed by atoms with Gasteiger partial charge in [-0.25, -0.2) is 17.5 Å². The zero-order valence-electron chi connectivity index (χ0n) is 11.2. The van der Waals surface area contributed by atoms with Gasteiger partial charge in [-0.2, -0.15) is 0 Å². The lowest BCUT2D eigenvalue weighted by Gasteiger charge is -2.30. The Balaban J connectivity index is 1.80. The quantitative estimate of drug-likeness (QED) is 0.844. The van der Waals surface area contributed by atoms with Crippen LogP contribution in [0.4, 0.5) is 0 Å². The van der Waals surface area contributed by atoms with Crippen molar-refractivity contribution in [3.8, 4) is 0 Å². The Morgan fingerprint density at radius 3 is 2.65 bits per heavy atom. The number of hydrogen-bond acceptors (Lipinski definition) is 5. The summed E-state index contributed by atoms with van der Waals surface area (Å²) < 4.78 is 24.3. The monoisotopic (exact) mass is 318 g/mol. The molecular weight excluding hydrogens is 300 g/mol. The minimum Gasteiger partial charge on any atom is -0.478 e. The van der Waals surface area contributed by atoms with Crippen LogP contribution in [0.3, 0.4) is 0 Å². The topological polar surface area (TPSA) is 86.7 Å². The van der Waals surface area contributed by atoms with E-state index in [-0.39, 0.29) is 6.04 Å². The van der Waals surface area contributed by atoms with E-state index < -0.39 is 16.0 Å². The smallest absolute Gasteiger partial charge is 0.336 e. The van der Waals surface area contributed by atoms with Gasteiger partial charge in [-0.05, 0) is 18.9 Å². The van der Waals surface area contributed by atoms with E-state index in [1.54, 1.807) is 11.4 Å². The number of piperidine rings is 1. The Labute approximate surface area is 122 Å². The van der Waals surface area contributed by atoms with Crippen molar-refractivity contribution in [2.75, 3.05) is 19.3 Å². The van der Waals surface area contributed by atoms with Crippen LogP contribution >= 0.6 is 11.3 Å². The first kappa shape index (κ1) is 15.4. The number of thiophene rings is 1. The summed E-state index contributed by atoms with van der Waals surface area (Å²) in [5, 5.41) is 13.8. The number of aromatic carboxylic acids is 1. The molecule has 0 saturated carbocycles. The molecule has 0 radical (unpaired) electrons. The summed E-state index contributed by atoms with van der Waals surface area (Å²) in [6, 6.07) is 1.95. The van der Waals surface area contributed by atoms with Crippen LogP contribution in [0.2, 0.25) is 0 Å². The highest BCUT2D eigenvalue weighted by Crippen LogP contribution is 2.17. The maximum atomic E-state index is 11.4. The minimum absolute atomic E-state index is 0.281. The third kappa shape index (κ3) is 4.02. The average molecular weight is 318 g/mol. The van der Waals surface area contributed by atoms with Gasteiger partial charge >= 0.3 is 5.97 Å². The average Bonchev–Trinajstić information content (AvgIpc) is 2.85. The number of nitrogens with zero attached hydrogens (tertiary/aromatic N) is 1. The lowest BCUT2D eigenvalue weighted by molar-refractivity contribution is 0.0697. The van der Waals surface area contributed by atoms with E-state index in [0.29, 0.717) is 25.2 Å². The summed E-state index contributed by atoms with van der Waals surface area (Å²) in [6.45, 7) is 1.71. The van der Waals surface area contributed by atoms with Crippen molar-refractivity contribution >= 4 is 27.3 Å². The van der Waals surface area contributed by atoms with Gasteiger partial charge in [0.15, 0.2) is 0 Å². The summed E-state index contributed by atoms with van der Waals surface area (Å²) in [5.74, 6) is -0.908. The van der Waals surface area contributed by atoms with E-state index in [1.165, 1.54) is 21.9 Å². The molecule has 2 heterocycles. The molecule has 6 nitrogen and oxygen atoms in total. The van der Waals surface area contributed by atoms with Crippen molar-refractivity contribution in [1.82, 2.24) is 9.62 Å². The highest BCUT2D eigenvalue weighted by atomic mass is 32.2. The molecule has 1 aliphatic rings. The second-order valence-corrected chi connectivity index (χ2v) is 7.90. The van der Waals surface area contributed by atoms with Crippen molar-refractivity contribution in [1.29, 1.82) is 0 Å². The van der Waals surface area contributed by atoms with Gasteiger partial charge in [-0.1, -0.05) is 0 Å². The number of carbonyl (C=O) groups is 1. The summed E-state index contributed by atoms with van der Waals surface area (Å²) in [6.07, 6.45) is 2.80. The SMILES string of the molecule is CS(=O)(=O)N1CCC(NCc2cc(C(=O)O)cs2)CC1. The first-order valence-electron chi connectivity index (χ1n) is 6.35. The molecule has 0 atom stereocenters. The lowest BCUT2D eigenvalue weighted by Crippen LogP contribution is -2.44. The minimum atomic E-state index is -3.08. The Morgan fingerprint density at radius 2 is 2.15 bits per heavy atom. The summed E-state index contributed by atoms with van der Waals surface area (Å²) >= 11 is 1.42. The molecule has 0 amide bonds. The van der Waals surface area contributed by atoms with Crippen molar-refractivity contribution in [3.63, 3.8) is 0 Å². The van der Waals surface area contributed by atoms with Crippen LogP contribution in [-0.2, 0) is 16.6 Å². The second-order valence-electron chi connectivity index (χ2n) is 4.92. The van der Waals surface area contributed by atoms with E-state index in [4.69, 9.17) is 5.11 Å². The maximum Gasteiger partial charge on any atom is 0.336 e. The molecule has 0 spiro atoms. The number of rotatable bonds is 5. The molecule has 1 saturated heterocycles. The van der Waals surface area contributed by atoms with Crippen LogP contribution in [0.25, 0.3) is 0 Å². The van der Waals surface area contributed by atoms with Crippen molar-refractivity contribution in [2.24, 2.45) is 0 Å². The number of sulfonamides is 1. The van der Waals surface area contributed by atoms with Gasteiger partial charge in [0.25, 0.3) is 0 Å². The molecule has 2 rings (SSSR count). The van der Waals surface area contributed by atoms with Gasteiger partial charge in [0.1, 0.15) is 0 Å². The molecule has 2 N–H and O–H groups in total. The van der Waals surface area contributed by atoms with E-state index in [0.717, 1.165) is 17.7 Å². The molecule has 0 unspecified atom stereocenters. The Morgan fingerprint density at radius 1 is 1.50 bits per heavy atom. The largest absolute Gasteiger partial charge is 0.478 e. The molecule has 0 aromatic carbocycles. The zero-order chi connectivity index (χ0) is 14.8. The van der Waals surface area contributed by atoms with E-state index in [9.17, 15) is 13.2 Å². The fourth-order valence-corrected chi connectivity index (χ4v) is 3.90. The highest BCUT2D eigenvalue weighted by Gasteiger charge is 2.24. The Hall–Kier alpha value is -0.960. The normalized spacial score (nSPS) is 18.2. The van der Waals surface area contributed by atoms with Crippen LogP contribution in [0, 0.1) is 0 Å². The third-order valence-corrected chi connectivity index (χ3v) is 5.63. The first-order chi connectivity index (χ1) is 9.36. The molecular formula is C12H18N2O4S2. The van der Waals surface area contributed by atoms with Crippen molar-refractivity contribution < 1.29 is 18.3 Å². The van der Waals surface area contributed by atoms with Crippen LogP contribution in [0.1, 0.15) is 28.1 Å². The fraction of sp³-hybridized carbons (Fsp3) is 0.583. The maximum absolute atomic E-state index is 11.4. The van der Waals surface area contributed by atoms with Crippen molar-refractivity contribution in [3.05, 3.63) is 21.9 Å². The summed E-state index contributed by atoms with van der Waals surface area (Å²) in [7, 11) is -3.08. The predicted octanol–water partition coefficient (Wildman–Crippen LogP) is 0.960. The van der Waals surface area contributed by atoms with E-state index in [1.807, 2.05) is 0 Å². The number of carboxylic acid groups (broad SMARTS) is 1. The highest BCUT2D eigenvalue weighted by molar-refractivity contribution is 7.88. The standard InChI is InChI=1S/C12H18N2O4S2/c1-20(17,18)14-4-2-10(3-5-14)13-7-11-6-9(8-19-11)12(15)16/h6,8,10,13H,2-5,7H2,1H3,(H,15,16). The summed E-state index contributed by atoms with van der Waals surface area (Å²) in [5.41, 5.74) is 0.318.